The molecule has 3 unspecified atom stereocenters. The third-order valence-electron chi connectivity index (χ3n) is 6.81. The van der Waals surface area contributed by atoms with Crippen LogP contribution in [0.1, 0.15) is 69.5 Å². The summed E-state index contributed by atoms with van der Waals surface area (Å²) in [4.78, 5) is 0. The van der Waals surface area contributed by atoms with E-state index in [1.165, 1.54) is 49.7 Å². The Balaban J connectivity index is 1.65. The fourth-order valence-electron chi connectivity index (χ4n) is 6.48. The predicted octanol–water partition coefficient (Wildman–Crippen LogP) is 4.86. The summed E-state index contributed by atoms with van der Waals surface area (Å²) >= 11 is 0. The summed E-state index contributed by atoms with van der Waals surface area (Å²) in [7, 11) is 0. The van der Waals surface area contributed by atoms with Gasteiger partial charge in [-0.25, -0.2) is 0 Å². The standard InChI is InChI=1S/C20H29N/c1-3-14-4-6-17(7-5-14)18(21)20-11-15-8-16(12-20)10-19(2,9-15)13-20/h4-7,15-16,18H,3,8-13,21H2,1-2H3. The zero-order valence-corrected chi connectivity index (χ0v) is 13.6. The Morgan fingerprint density at radius 3 is 2.24 bits per heavy atom. The number of rotatable bonds is 3. The number of benzene rings is 1. The molecular weight excluding hydrogens is 254 g/mol. The molecule has 4 aliphatic carbocycles. The lowest BCUT2D eigenvalue weighted by Crippen LogP contribution is -2.54. The van der Waals surface area contributed by atoms with Crippen LogP contribution in [0.25, 0.3) is 0 Å². The van der Waals surface area contributed by atoms with Gasteiger partial charge < -0.3 is 5.73 Å². The average molecular weight is 283 g/mol. The van der Waals surface area contributed by atoms with Gasteiger partial charge in [-0.3, -0.25) is 0 Å². The Hall–Kier alpha value is -0.820. The molecule has 114 valence electrons. The van der Waals surface area contributed by atoms with Crippen molar-refractivity contribution in [2.24, 2.45) is 28.4 Å². The summed E-state index contributed by atoms with van der Waals surface area (Å²) in [5.74, 6) is 1.91. The van der Waals surface area contributed by atoms with Gasteiger partial charge >= 0.3 is 0 Å². The van der Waals surface area contributed by atoms with Gasteiger partial charge in [0.2, 0.25) is 0 Å². The smallest absolute Gasteiger partial charge is 0.0352 e. The molecule has 4 bridgehead atoms. The molecule has 4 aliphatic rings. The van der Waals surface area contributed by atoms with E-state index in [4.69, 9.17) is 5.73 Å². The summed E-state index contributed by atoms with van der Waals surface area (Å²) in [5.41, 5.74) is 10.6. The molecule has 1 nitrogen and oxygen atoms in total. The topological polar surface area (TPSA) is 26.0 Å². The molecule has 0 aromatic heterocycles. The van der Waals surface area contributed by atoms with Gasteiger partial charge in [-0.1, -0.05) is 38.1 Å². The van der Waals surface area contributed by atoms with Crippen molar-refractivity contribution in [2.45, 2.75) is 64.8 Å². The highest BCUT2D eigenvalue weighted by molar-refractivity contribution is 5.28. The van der Waals surface area contributed by atoms with Crippen LogP contribution in [0, 0.1) is 22.7 Å². The molecule has 1 heteroatoms. The summed E-state index contributed by atoms with van der Waals surface area (Å²) in [6, 6.07) is 9.39. The van der Waals surface area contributed by atoms with Gasteiger partial charge in [-0.2, -0.15) is 0 Å². The molecular formula is C20H29N. The van der Waals surface area contributed by atoms with Crippen LogP contribution < -0.4 is 5.73 Å². The van der Waals surface area contributed by atoms with Crippen LogP contribution in [0.3, 0.4) is 0 Å². The van der Waals surface area contributed by atoms with Crippen molar-refractivity contribution in [3.63, 3.8) is 0 Å². The maximum Gasteiger partial charge on any atom is 0.0352 e. The zero-order chi connectivity index (χ0) is 14.7. The van der Waals surface area contributed by atoms with E-state index >= 15 is 0 Å². The SMILES string of the molecule is CCc1ccc(C(N)C23CC4CC(CC(C)(C4)C2)C3)cc1. The molecule has 2 N–H and O–H groups in total. The second-order valence-corrected chi connectivity index (χ2v) is 8.71. The van der Waals surface area contributed by atoms with Gasteiger partial charge in [0.25, 0.3) is 0 Å². The van der Waals surface area contributed by atoms with Crippen molar-refractivity contribution in [3.05, 3.63) is 35.4 Å². The van der Waals surface area contributed by atoms with E-state index in [2.05, 4.69) is 38.1 Å². The quantitative estimate of drug-likeness (QED) is 0.842. The molecule has 0 saturated heterocycles. The third-order valence-corrected chi connectivity index (χ3v) is 6.81. The molecule has 4 saturated carbocycles. The molecule has 0 radical (unpaired) electrons. The van der Waals surface area contributed by atoms with Gasteiger partial charge in [-0.15, -0.1) is 0 Å². The summed E-state index contributed by atoms with van der Waals surface area (Å²) in [6.07, 6.45) is 9.66. The molecule has 4 fully saturated rings. The normalized spacial score (nSPS) is 42.2. The molecule has 0 amide bonds. The van der Waals surface area contributed by atoms with E-state index in [1.807, 2.05) is 0 Å². The Morgan fingerprint density at radius 1 is 1.10 bits per heavy atom. The third kappa shape index (κ3) is 2.16. The maximum absolute atomic E-state index is 6.84. The number of aryl methyl sites for hydroxylation is 1. The van der Waals surface area contributed by atoms with Crippen LogP contribution in [0.4, 0.5) is 0 Å². The molecule has 1 aromatic rings. The molecule has 21 heavy (non-hydrogen) atoms. The van der Waals surface area contributed by atoms with Gasteiger partial charge in [-0.05, 0) is 78.7 Å². The Labute approximate surface area is 129 Å². The molecule has 3 atom stereocenters. The highest BCUT2D eigenvalue weighted by Crippen LogP contribution is 2.67. The predicted molar refractivity (Wildman–Crippen MR) is 88.0 cm³/mol. The van der Waals surface area contributed by atoms with Crippen molar-refractivity contribution < 1.29 is 0 Å². The molecule has 0 aliphatic heterocycles. The first-order valence-corrected chi connectivity index (χ1v) is 8.86. The van der Waals surface area contributed by atoms with Crippen molar-refractivity contribution >= 4 is 0 Å². The van der Waals surface area contributed by atoms with E-state index in [9.17, 15) is 0 Å². The van der Waals surface area contributed by atoms with Crippen molar-refractivity contribution in [2.75, 3.05) is 0 Å². The fourth-order valence-corrected chi connectivity index (χ4v) is 6.48. The van der Waals surface area contributed by atoms with Gasteiger partial charge in [0.15, 0.2) is 0 Å². The van der Waals surface area contributed by atoms with Crippen molar-refractivity contribution in [1.29, 1.82) is 0 Å². The van der Waals surface area contributed by atoms with Crippen LogP contribution in [0.2, 0.25) is 0 Å². The molecule has 0 spiro atoms. The Bertz CT molecular complexity index is 515. The van der Waals surface area contributed by atoms with E-state index < -0.39 is 0 Å². The van der Waals surface area contributed by atoms with Crippen LogP contribution in [0.5, 0.6) is 0 Å². The first kappa shape index (κ1) is 13.8. The number of nitrogens with two attached hydrogens (primary N) is 1. The molecule has 5 rings (SSSR count). The summed E-state index contributed by atoms with van der Waals surface area (Å²) < 4.78 is 0. The van der Waals surface area contributed by atoms with Crippen LogP contribution >= 0.6 is 0 Å². The van der Waals surface area contributed by atoms with E-state index in [0.717, 1.165) is 18.3 Å². The maximum atomic E-state index is 6.84. The van der Waals surface area contributed by atoms with Crippen molar-refractivity contribution in [1.82, 2.24) is 0 Å². The van der Waals surface area contributed by atoms with Crippen LogP contribution in [0.15, 0.2) is 24.3 Å². The van der Waals surface area contributed by atoms with Gasteiger partial charge in [0.1, 0.15) is 0 Å². The van der Waals surface area contributed by atoms with Gasteiger partial charge in [0, 0.05) is 6.04 Å². The van der Waals surface area contributed by atoms with E-state index in [1.54, 1.807) is 0 Å². The average Bonchev–Trinajstić information content (AvgIpc) is 2.44. The highest BCUT2D eigenvalue weighted by Gasteiger charge is 2.57. The first-order chi connectivity index (χ1) is 10.0. The van der Waals surface area contributed by atoms with Gasteiger partial charge in [0.05, 0.1) is 0 Å². The number of hydrogen-bond donors (Lipinski definition) is 1. The lowest BCUT2D eigenvalue weighted by Gasteiger charge is -2.63. The lowest BCUT2D eigenvalue weighted by molar-refractivity contribution is -0.113. The summed E-state index contributed by atoms with van der Waals surface area (Å²) in [5, 5.41) is 0. The lowest BCUT2D eigenvalue weighted by atomic mass is 9.43. The second kappa shape index (κ2) is 4.59. The number of hydrogen-bond acceptors (Lipinski definition) is 1. The molecule has 0 heterocycles. The second-order valence-electron chi connectivity index (χ2n) is 8.71. The fraction of sp³-hybridized carbons (Fsp3) is 0.700. The Morgan fingerprint density at radius 2 is 1.71 bits per heavy atom. The van der Waals surface area contributed by atoms with E-state index in [-0.39, 0.29) is 6.04 Å². The minimum absolute atomic E-state index is 0.244. The van der Waals surface area contributed by atoms with E-state index in [0.29, 0.717) is 10.8 Å². The first-order valence-electron chi connectivity index (χ1n) is 8.86. The summed E-state index contributed by atoms with van der Waals surface area (Å²) in [6.45, 7) is 4.75. The minimum atomic E-state index is 0.244. The minimum Gasteiger partial charge on any atom is -0.323 e. The van der Waals surface area contributed by atoms with Crippen LogP contribution in [-0.2, 0) is 6.42 Å². The zero-order valence-electron chi connectivity index (χ0n) is 13.6. The monoisotopic (exact) mass is 283 g/mol. The molecule has 1 aromatic carbocycles. The highest BCUT2D eigenvalue weighted by atomic mass is 14.7. The van der Waals surface area contributed by atoms with Crippen LogP contribution in [-0.4, -0.2) is 0 Å². The Kier molecular flexibility index (Phi) is 3.02. The van der Waals surface area contributed by atoms with Crippen molar-refractivity contribution in [3.8, 4) is 0 Å². The largest absolute Gasteiger partial charge is 0.323 e.